The van der Waals surface area contributed by atoms with Gasteiger partial charge in [-0.25, -0.2) is 9.78 Å². The average Bonchev–Trinajstić information content (AvgIpc) is 2.44. The molecule has 0 saturated carbocycles. The van der Waals surface area contributed by atoms with Gasteiger partial charge in [-0.1, -0.05) is 0 Å². The van der Waals surface area contributed by atoms with Crippen molar-refractivity contribution in [3.05, 3.63) is 23.0 Å². The van der Waals surface area contributed by atoms with Crippen LogP contribution in [-0.4, -0.2) is 52.5 Å². The molecular formula is C16H25N4O4-. The summed E-state index contributed by atoms with van der Waals surface area (Å²) in [5, 5.41) is 19.8. The zero-order chi connectivity index (χ0) is 18.1. The van der Waals surface area contributed by atoms with Gasteiger partial charge in [0.2, 0.25) is 0 Å². The minimum atomic E-state index is -0.517. The summed E-state index contributed by atoms with van der Waals surface area (Å²) in [4.78, 5) is 20.4. The number of aryl methyl sites for hydroxylation is 1. The molecule has 134 valence electrons. The zero-order valence-electron chi connectivity index (χ0n) is 14.8. The topological polar surface area (TPSA) is 92.2 Å². The maximum absolute atomic E-state index is 12.2. The van der Waals surface area contributed by atoms with E-state index in [1.165, 1.54) is 6.07 Å². The largest absolute Gasteiger partial charge is 0.733 e. The molecule has 0 bridgehead atoms. The Kier molecular flexibility index (Phi) is 5.19. The quantitative estimate of drug-likeness (QED) is 0.829. The predicted octanol–water partition coefficient (Wildman–Crippen LogP) is 2.53. The monoisotopic (exact) mass is 337 g/mol. The van der Waals surface area contributed by atoms with Crippen LogP contribution in [0.3, 0.4) is 0 Å². The van der Waals surface area contributed by atoms with Crippen LogP contribution < -0.4 is 10.1 Å². The number of ether oxygens (including phenoxy) is 1. The Hall–Kier alpha value is -2.06. The van der Waals surface area contributed by atoms with Crippen molar-refractivity contribution in [3.63, 3.8) is 0 Å². The molecule has 1 aliphatic heterocycles. The predicted molar refractivity (Wildman–Crippen MR) is 91.2 cm³/mol. The van der Waals surface area contributed by atoms with Gasteiger partial charge in [-0.15, -0.1) is 0 Å². The van der Waals surface area contributed by atoms with E-state index in [1.807, 2.05) is 27.7 Å². The van der Waals surface area contributed by atoms with Crippen LogP contribution in [0.5, 0.6) is 0 Å². The molecule has 1 aliphatic rings. The third kappa shape index (κ3) is 4.27. The van der Waals surface area contributed by atoms with E-state index in [0.29, 0.717) is 31.1 Å². The molecule has 24 heavy (non-hydrogen) atoms. The van der Waals surface area contributed by atoms with Crippen molar-refractivity contribution >= 4 is 17.6 Å². The SMILES string of the molecule is Cc1nc(N2CCN(C(=O)OC(C)(C)C)[C@@H](C)C2)ccc1N([O-])O. The van der Waals surface area contributed by atoms with Gasteiger partial charge in [0.25, 0.3) is 0 Å². The number of rotatable bonds is 2. The van der Waals surface area contributed by atoms with E-state index in [-0.39, 0.29) is 23.0 Å². The summed E-state index contributed by atoms with van der Waals surface area (Å²) in [6, 6.07) is 3.21. The molecule has 0 spiro atoms. The minimum Gasteiger partial charge on any atom is -0.733 e. The molecule has 0 unspecified atom stereocenters. The number of anilines is 2. The van der Waals surface area contributed by atoms with Gasteiger partial charge in [0.05, 0.1) is 11.4 Å². The highest BCUT2D eigenvalue weighted by Gasteiger charge is 2.31. The molecule has 1 amide bonds. The fourth-order valence-electron chi connectivity index (χ4n) is 2.68. The first-order chi connectivity index (χ1) is 11.1. The second-order valence-electron chi connectivity index (χ2n) is 7.02. The van der Waals surface area contributed by atoms with Crippen molar-refractivity contribution in [2.24, 2.45) is 0 Å². The van der Waals surface area contributed by atoms with Crippen LogP contribution in [0, 0.1) is 12.1 Å². The number of nitrogens with zero attached hydrogens (tertiary/aromatic N) is 4. The van der Waals surface area contributed by atoms with E-state index in [4.69, 9.17) is 9.94 Å². The van der Waals surface area contributed by atoms with Gasteiger partial charge in [0, 0.05) is 25.7 Å². The fraction of sp³-hybridized carbons (Fsp3) is 0.625. The standard InChI is InChI=1S/C16H25N4O4/c1-11-10-18(8-9-19(11)15(21)24-16(3,4)5)14-7-6-13(20(22)23)12(2)17-14/h6-7,11,22H,8-10H2,1-5H3/q-1/t11-/m0/s1. The van der Waals surface area contributed by atoms with Gasteiger partial charge in [-0.3, -0.25) is 5.21 Å². The maximum atomic E-state index is 12.2. The Morgan fingerprint density at radius 3 is 2.58 bits per heavy atom. The van der Waals surface area contributed by atoms with Crippen molar-refractivity contribution in [2.75, 3.05) is 29.8 Å². The first kappa shape index (κ1) is 18.3. The van der Waals surface area contributed by atoms with Crippen molar-refractivity contribution < 1.29 is 14.7 Å². The molecule has 1 aromatic rings. The third-order valence-corrected chi connectivity index (χ3v) is 3.83. The number of hydrogen-bond donors (Lipinski definition) is 1. The van der Waals surface area contributed by atoms with Gasteiger partial charge in [-0.05, 0) is 46.8 Å². The molecule has 1 N–H and O–H groups in total. The number of piperazine rings is 1. The van der Waals surface area contributed by atoms with Crippen LogP contribution in [0.15, 0.2) is 12.1 Å². The fourth-order valence-corrected chi connectivity index (χ4v) is 2.68. The molecular weight excluding hydrogens is 312 g/mol. The van der Waals surface area contributed by atoms with E-state index in [0.717, 1.165) is 0 Å². The Morgan fingerprint density at radius 1 is 1.42 bits per heavy atom. The number of hydrogen-bond acceptors (Lipinski definition) is 7. The number of carbonyl (C=O) groups is 1. The van der Waals surface area contributed by atoms with Crippen molar-refractivity contribution in [1.82, 2.24) is 9.88 Å². The molecule has 8 nitrogen and oxygen atoms in total. The summed E-state index contributed by atoms with van der Waals surface area (Å²) in [5.74, 6) is 0.716. The summed E-state index contributed by atoms with van der Waals surface area (Å²) in [7, 11) is 0. The Labute approximate surface area is 142 Å². The lowest BCUT2D eigenvalue weighted by atomic mass is 10.2. The highest BCUT2D eigenvalue weighted by Crippen LogP contribution is 2.23. The molecule has 1 atom stereocenters. The molecule has 0 radical (unpaired) electrons. The van der Waals surface area contributed by atoms with Gasteiger partial charge < -0.3 is 25.0 Å². The number of aromatic nitrogens is 1. The van der Waals surface area contributed by atoms with Crippen LogP contribution in [0.2, 0.25) is 0 Å². The molecule has 0 aromatic carbocycles. The lowest BCUT2D eigenvalue weighted by Gasteiger charge is -2.40. The van der Waals surface area contributed by atoms with Crippen LogP contribution in [0.1, 0.15) is 33.4 Å². The van der Waals surface area contributed by atoms with E-state index >= 15 is 0 Å². The molecule has 8 heteroatoms. The smallest absolute Gasteiger partial charge is 0.410 e. The summed E-state index contributed by atoms with van der Waals surface area (Å²) < 4.78 is 5.43. The Morgan fingerprint density at radius 2 is 2.08 bits per heavy atom. The van der Waals surface area contributed by atoms with E-state index in [2.05, 4.69) is 9.88 Å². The van der Waals surface area contributed by atoms with Crippen LogP contribution in [0.25, 0.3) is 0 Å². The van der Waals surface area contributed by atoms with Crippen molar-refractivity contribution in [2.45, 2.75) is 46.3 Å². The highest BCUT2D eigenvalue weighted by atomic mass is 16.8. The van der Waals surface area contributed by atoms with Crippen LogP contribution >= 0.6 is 0 Å². The normalized spacial score (nSPS) is 18.5. The van der Waals surface area contributed by atoms with Crippen LogP contribution in [0.4, 0.5) is 16.3 Å². The summed E-state index contributed by atoms with van der Waals surface area (Å²) in [6.45, 7) is 10.9. The second kappa shape index (κ2) is 6.82. The average molecular weight is 337 g/mol. The molecule has 0 aliphatic carbocycles. The number of amides is 1. The van der Waals surface area contributed by atoms with E-state index in [1.54, 1.807) is 17.9 Å². The summed E-state index contributed by atoms with van der Waals surface area (Å²) in [6.07, 6.45) is -0.309. The Bertz CT molecular complexity index is 600. The van der Waals surface area contributed by atoms with Crippen molar-refractivity contribution in [3.8, 4) is 0 Å². The third-order valence-electron chi connectivity index (χ3n) is 3.83. The highest BCUT2D eigenvalue weighted by molar-refractivity contribution is 5.69. The summed E-state index contributed by atoms with van der Waals surface area (Å²) >= 11 is 0. The summed E-state index contributed by atoms with van der Waals surface area (Å²) in [5.41, 5.74) is 0.0585. The molecule has 1 saturated heterocycles. The minimum absolute atomic E-state index is 0.0239. The lowest BCUT2D eigenvalue weighted by molar-refractivity contribution is 0.0158. The molecule has 2 heterocycles. The lowest BCUT2D eigenvalue weighted by Crippen LogP contribution is -2.55. The van der Waals surface area contributed by atoms with Gasteiger partial charge >= 0.3 is 6.09 Å². The van der Waals surface area contributed by atoms with Crippen LogP contribution in [-0.2, 0) is 4.74 Å². The van der Waals surface area contributed by atoms with E-state index in [9.17, 15) is 10.0 Å². The first-order valence-corrected chi connectivity index (χ1v) is 7.97. The Balaban J connectivity index is 2.05. The van der Waals surface area contributed by atoms with Gasteiger partial charge in [-0.2, -0.15) is 0 Å². The molecule has 1 aromatic heterocycles. The first-order valence-electron chi connectivity index (χ1n) is 7.97. The number of pyridine rings is 1. The molecule has 1 fully saturated rings. The van der Waals surface area contributed by atoms with Gasteiger partial charge in [0.1, 0.15) is 11.4 Å². The number of carbonyl (C=O) groups excluding carboxylic acids is 1. The second-order valence-corrected chi connectivity index (χ2v) is 7.02. The maximum Gasteiger partial charge on any atom is 0.410 e. The van der Waals surface area contributed by atoms with Gasteiger partial charge in [0.15, 0.2) is 0 Å². The molecule has 2 rings (SSSR count). The van der Waals surface area contributed by atoms with E-state index < -0.39 is 5.60 Å². The van der Waals surface area contributed by atoms with Crippen molar-refractivity contribution in [1.29, 1.82) is 0 Å². The zero-order valence-corrected chi connectivity index (χ0v) is 14.8.